The third-order valence-corrected chi connectivity index (χ3v) is 2.11. The van der Waals surface area contributed by atoms with Gasteiger partial charge in [0.1, 0.15) is 11.3 Å². The van der Waals surface area contributed by atoms with E-state index in [1.807, 2.05) is 0 Å². The number of alkyl halides is 2. The molecule has 0 bridgehead atoms. The van der Waals surface area contributed by atoms with Crippen LogP contribution in [0.25, 0.3) is 0 Å². The highest BCUT2D eigenvalue weighted by Crippen LogP contribution is 2.20. The van der Waals surface area contributed by atoms with Crippen LogP contribution in [0.15, 0.2) is 24.3 Å². The number of rotatable bonds is 6. The molecular formula is C13H15F2NO4. The summed E-state index contributed by atoms with van der Waals surface area (Å²) in [5, 5.41) is 2.53. The lowest BCUT2D eigenvalue weighted by atomic mass is 10.2. The van der Waals surface area contributed by atoms with Gasteiger partial charge in [-0.3, -0.25) is 4.79 Å². The summed E-state index contributed by atoms with van der Waals surface area (Å²) in [6, 6.07) is 5.33. The van der Waals surface area contributed by atoms with Crippen LogP contribution < -0.4 is 10.1 Å². The van der Waals surface area contributed by atoms with Gasteiger partial charge in [-0.1, -0.05) is 12.1 Å². The van der Waals surface area contributed by atoms with Crippen LogP contribution in [0.2, 0.25) is 0 Å². The zero-order valence-corrected chi connectivity index (χ0v) is 11.1. The van der Waals surface area contributed by atoms with Crippen LogP contribution in [0, 0.1) is 0 Å². The largest absolute Gasteiger partial charge is 0.452 e. The normalized spacial score (nSPS) is 10.5. The number of para-hydroxylation sites is 1. The van der Waals surface area contributed by atoms with Crippen molar-refractivity contribution in [2.75, 3.05) is 6.61 Å². The molecule has 0 spiro atoms. The van der Waals surface area contributed by atoms with Crippen molar-refractivity contribution in [1.29, 1.82) is 0 Å². The molecule has 0 radical (unpaired) electrons. The third kappa shape index (κ3) is 5.21. The quantitative estimate of drug-likeness (QED) is 0.812. The van der Waals surface area contributed by atoms with Crippen molar-refractivity contribution in [3.05, 3.63) is 29.8 Å². The molecule has 7 heteroatoms. The maximum Gasteiger partial charge on any atom is 0.387 e. The second-order valence-corrected chi connectivity index (χ2v) is 4.17. The lowest BCUT2D eigenvalue weighted by Crippen LogP contribution is -2.34. The minimum Gasteiger partial charge on any atom is -0.452 e. The topological polar surface area (TPSA) is 64.6 Å². The molecule has 0 aromatic heterocycles. The monoisotopic (exact) mass is 287 g/mol. The SMILES string of the molecule is CC(C)NC(=O)COC(=O)c1ccccc1OC(F)F. The molecule has 1 rings (SSSR count). The van der Waals surface area contributed by atoms with Crippen molar-refractivity contribution >= 4 is 11.9 Å². The number of carbonyl (C=O) groups excluding carboxylic acids is 2. The first-order valence-corrected chi connectivity index (χ1v) is 5.90. The number of hydrogen-bond acceptors (Lipinski definition) is 4. The number of carbonyl (C=O) groups is 2. The first kappa shape index (κ1) is 15.9. The van der Waals surface area contributed by atoms with E-state index in [0.29, 0.717) is 0 Å². The number of amides is 1. The van der Waals surface area contributed by atoms with E-state index < -0.39 is 25.1 Å². The molecule has 0 atom stereocenters. The minimum atomic E-state index is -3.05. The molecule has 0 saturated heterocycles. The molecule has 1 aromatic carbocycles. The summed E-state index contributed by atoms with van der Waals surface area (Å²) in [7, 11) is 0. The molecule has 1 N–H and O–H groups in total. The Morgan fingerprint density at radius 2 is 1.90 bits per heavy atom. The summed E-state index contributed by atoms with van der Waals surface area (Å²) in [6.07, 6.45) is 0. The summed E-state index contributed by atoms with van der Waals surface area (Å²) < 4.78 is 33.3. The Kier molecular flexibility index (Phi) is 5.89. The first-order chi connectivity index (χ1) is 9.40. The lowest BCUT2D eigenvalue weighted by Gasteiger charge is -2.11. The number of benzene rings is 1. The Morgan fingerprint density at radius 3 is 2.50 bits per heavy atom. The van der Waals surface area contributed by atoms with Crippen LogP contribution in [0.3, 0.4) is 0 Å². The molecule has 1 amide bonds. The molecule has 0 unspecified atom stereocenters. The van der Waals surface area contributed by atoms with Crippen LogP contribution in [-0.4, -0.2) is 31.1 Å². The third-order valence-electron chi connectivity index (χ3n) is 2.11. The maximum atomic E-state index is 12.2. The second kappa shape index (κ2) is 7.42. The Balaban J connectivity index is 2.66. The number of ether oxygens (including phenoxy) is 2. The van der Waals surface area contributed by atoms with E-state index in [1.165, 1.54) is 24.3 Å². The van der Waals surface area contributed by atoms with Gasteiger partial charge in [0.05, 0.1) is 0 Å². The van der Waals surface area contributed by atoms with E-state index in [9.17, 15) is 18.4 Å². The van der Waals surface area contributed by atoms with E-state index in [1.54, 1.807) is 13.8 Å². The molecule has 110 valence electrons. The highest BCUT2D eigenvalue weighted by molar-refractivity contribution is 5.94. The van der Waals surface area contributed by atoms with Crippen molar-refractivity contribution in [2.45, 2.75) is 26.5 Å². The van der Waals surface area contributed by atoms with Crippen molar-refractivity contribution in [3.63, 3.8) is 0 Å². The molecule has 0 saturated carbocycles. The van der Waals surface area contributed by atoms with Gasteiger partial charge in [0, 0.05) is 6.04 Å². The number of nitrogens with one attached hydrogen (secondary N) is 1. The van der Waals surface area contributed by atoms with Gasteiger partial charge < -0.3 is 14.8 Å². The summed E-state index contributed by atoms with van der Waals surface area (Å²) in [4.78, 5) is 23.0. The van der Waals surface area contributed by atoms with Crippen LogP contribution >= 0.6 is 0 Å². The number of hydrogen-bond donors (Lipinski definition) is 1. The standard InChI is InChI=1S/C13H15F2NO4/c1-8(2)16-11(17)7-19-12(18)9-5-3-4-6-10(9)20-13(14)15/h3-6,8,13H,7H2,1-2H3,(H,16,17). The minimum absolute atomic E-state index is 0.0874. The van der Waals surface area contributed by atoms with E-state index >= 15 is 0 Å². The van der Waals surface area contributed by atoms with Crippen molar-refractivity contribution < 1.29 is 27.8 Å². The average molecular weight is 287 g/mol. The molecule has 20 heavy (non-hydrogen) atoms. The fraction of sp³-hybridized carbons (Fsp3) is 0.385. The van der Waals surface area contributed by atoms with E-state index in [0.717, 1.165) is 0 Å². The van der Waals surface area contributed by atoms with Gasteiger partial charge in [-0.05, 0) is 26.0 Å². The van der Waals surface area contributed by atoms with Gasteiger partial charge in [-0.15, -0.1) is 0 Å². The zero-order chi connectivity index (χ0) is 15.1. The predicted molar refractivity (Wildman–Crippen MR) is 66.6 cm³/mol. The first-order valence-electron chi connectivity index (χ1n) is 5.90. The van der Waals surface area contributed by atoms with Crippen LogP contribution in [0.5, 0.6) is 5.75 Å². The Hall–Kier alpha value is -2.18. The fourth-order valence-corrected chi connectivity index (χ4v) is 1.41. The maximum absolute atomic E-state index is 12.2. The highest BCUT2D eigenvalue weighted by atomic mass is 19.3. The Bertz CT molecular complexity index is 477. The van der Waals surface area contributed by atoms with Crippen LogP contribution in [0.1, 0.15) is 24.2 Å². The summed E-state index contributed by atoms with van der Waals surface area (Å²) >= 11 is 0. The molecule has 0 aliphatic heterocycles. The zero-order valence-electron chi connectivity index (χ0n) is 11.1. The molecule has 5 nitrogen and oxygen atoms in total. The van der Waals surface area contributed by atoms with Crippen molar-refractivity contribution in [1.82, 2.24) is 5.32 Å². The summed E-state index contributed by atoms with van der Waals surface area (Å²) in [5.41, 5.74) is -0.162. The van der Waals surface area contributed by atoms with Gasteiger partial charge in [0.15, 0.2) is 6.61 Å². The lowest BCUT2D eigenvalue weighted by molar-refractivity contribution is -0.124. The van der Waals surface area contributed by atoms with Gasteiger partial charge in [0.2, 0.25) is 0 Å². The second-order valence-electron chi connectivity index (χ2n) is 4.17. The molecule has 0 aliphatic rings. The molecular weight excluding hydrogens is 272 g/mol. The van der Waals surface area contributed by atoms with Gasteiger partial charge in [-0.2, -0.15) is 8.78 Å². The van der Waals surface area contributed by atoms with E-state index in [4.69, 9.17) is 4.74 Å². The van der Waals surface area contributed by atoms with E-state index in [-0.39, 0.29) is 17.4 Å². The van der Waals surface area contributed by atoms with Crippen molar-refractivity contribution in [3.8, 4) is 5.75 Å². The van der Waals surface area contributed by atoms with Gasteiger partial charge >= 0.3 is 12.6 Å². The Morgan fingerprint density at radius 1 is 1.25 bits per heavy atom. The van der Waals surface area contributed by atoms with E-state index in [2.05, 4.69) is 10.1 Å². The molecule has 0 aliphatic carbocycles. The molecule has 0 fully saturated rings. The Labute approximate surface area is 114 Å². The molecule has 1 aromatic rings. The summed E-state index contributed by atoms with van der Waals surface area (Å²) in [6.45, 7) is -0.0231. The molecule has 0 heterocycles. The van der Waals surface area contributed by atoms with Crippen LogP contribution in [-0.2, 0) is 9.53 Å². The average Bonchev–Trinajstić information content (AvgIpc) is 2.35. The predicted octanol–water partition coefficient (Wildman–Crippen LogP) is 1.97. The van der Waals surface area contributed by atoms with Crippen molar-refractivity contribution in [2.24, 2.45) is 0 Å². The number of halogens is 2. The van der Waals surface area contributed by atoms with Crippen LogP contribution in [0.4, 0.5) is 8.78 Å². The summed E-state index contributed by atoms with van der Waals surface area (Å²) in [5.74, 6) is -1.67. The smallest absolute Gasteiger partial charge is 0.387 e. The fourth-order valence-electron chi connectivity index (χ4n) is 1.41. The number of esters is 1. The van der Waals surface area contributed by atoms with Gasteiger partial charge in [0.25, 0.3) is 5.91 Å². The van der Waals surface area contributed by atoms with Gasteiger partial charge in [-0.25, -0.2) is 4.79 Å². The highest BCUT2D eigenvalue weighted by Gasteiger charge is 2.17.